The van der Waals surface area contributed by atoms with Crippen molar-refractivity contribution in [3.8, 4) is 0 Å². The molecule has 0 radical (unpaired) electrons. The van der Waals surface area contributed by atoms with E-state index in [-0.39, 0.29) is 24.3 Å². The number of aromatic amines is 2. The molecule has 120 valence electrons. The molecule has 0 aliphatic heterocycles. The predicted octanol–water partition coefficient (Wildman–Crippen LogP) is 0.401. The number of aromatic nitrogens is 3. The standard InChI is InChI=1S/C15H17N5O3/c1-20(14(22)9-6-7-9)11-5-3-2-4-10(11)13(21)16-8-12-17-15(23)19-18-12/h2-5,9H,6-8H2,1H3,(H,16,21)(H2,17,18,19,23). The van der Waals surface area contributed by atoms with Gasteiger partial charge in [-0.1, -0.05) is 12.1 Å². The van der Waals surface area contributed by atoms with Crippen molar-refractivity contribution in [3.63, 3.8) is 0 Å². The average Bonchev–Trinajstić information content (AvgIpc) is 3.33. The normalized spacial score (nSPS) is 13.6. The van der Waals surface area contributed by atoms with E-state index in [9.17, 15) is 14.4 Å². The first-order valence-corrected chi connectivity index (χ1v) is 7.34. The van der Waals surface area contributed by atoms with Crippen molar-refractivity contribution in [1.82, 2.24) is 20.5 Å². The van der Waals surface area contributed by atoms with Gasteiger partial charge in [0.05, 0.1) is 17.8 Å². The summed E-state index contributed by atoms with van der Waals surface area (Å²) in [5, 5.41) is 8.64. The van der Waals surface area contributed by atoms with E-state index in [0.29, 0.717) is 17.1 Å². The van der Waals surface area contributed by atoms with Gasteiger partial charge in [0, 0.05) is 13.0 Å². The number of hydrogen-bond donors (Lipinski definition) is 3. The minimum Gasteiger partial charge on any atom is -0.345 e. The highest BCUT2D eigenvalue weighted by molar-refractivity contribution is 6.05. The van der Waals surface area contributed by atoms with Crippen molar-refractivity contribution < 1.29 is 9.59 Å². The molecular formula is C15H17N5O3. The van der Waals surface area contributed by atoms with Gasteiger partial charge in [0.15, 0.2) is 0 Å². The van der Waals surface area contributed by atoms with Gasteiger partial charge in [-0.2, -0.15) is 5.10 Å². The van der Waals surface area contributed by atoms with Crippen LogP contribution in [0.5, 0.6) is 0 Å². The van der Waals surface area contributed by atoms with Crippen LogP contribution < -0.4 is 15.9 Å². The molecule has 23 heavy (non-hydrogen) atoms. The molecule has 1 aromatic heterocycles. The molecule has 1 aliphatic carbocycles. The lowest BCUT2D eigenvalue weighted by Crippen LogP contribution is -2.31. The Hall–Kier alpha value is -2.90. The lowest BCUT2D eigenvalue weighted by atomic mass is 10.1. The number of H-pyrrole nitrogens is 2. The number of nitrogens with one attached hydrogen (secondary N) is 3. The van der Waals surface area contributed by atoms with E-state index in [4.69, 9.17) is 0 Å². The van der Waals surface area contributed by atoms with Crippen LogP contribution in [0.1, 0.15) is 29.0 Å². The Kier molecular flexibility index (Phi) is 3.96. The second kappa shape index (κ2) is 6.07. The molecule has 1 aromatic carbocycles. The Morgan fingerprint density at radius 2 is 2.09 bits per heavy atom. The number of hydrogen-bond acceptors (Lipinski definition) is 4. The Morgan fingerprint density at radius 1 is 1.35 bits per heavy atom. The van der Waals surface area contributed by atoms with Crippen molar-refractivity contribution in [2.24, 2.45) is 5.92 Å². The third kappa shape index (κ3) is 3.31. The minimum atomic E-state index is -0.426. The lowest BCUT2D eigenvalue weighted by molar-refractivity contribution is -0.119. The maximum atomic E-state index is 12.4. The zero-order valence-electron chi connectivity index (χ0n) is 12.6. The second-order valence-electron chi connectivity index (χ2n) is 5.50. The summed E-state index contributed by atoms with van der Waals surface area (Å²) in [5.74, 6) is 0.107. The largest absolute Gasteiger partial charge is 0.345 e. The van der Waals surface area contributed by atoms with E-state index in [1.165, 1.54) is 4.90 Å². The van der Waals surface area contributed by atoms with E-state index < -0.39 is 5.69 Å². The van der Waals surface area contributed by atoms with Crippen molar-refractivity contribution in [1.29, 1.82) is 0 Å². The van der Waals surface area contributed by atoms with Crippen LogP contribution in [0.15, 0.2) is 29.1 Å². The van der Waals surface area contributed by atoms with Gasteiger partial charge < -0.3 is 10.2 Å². The SMILES string of the molecule is CN(C(=O)C1CC1)c1ccccc1C(=O)NCc1n[nH]c(=O)[nH]1. The number of anilines is 1. The van der Waals surface area contributed by atoms with Crippen LogP contribution in [-0.2, 0) is 11.3 Å². The quantitative estimate of drug-likeness (QED) is 0.741. The Morgan fingerprint density at radius 3 is 2.74 bits per heavy atom. The van der Waals surface area contributed by atoms with E-state index in [1.807, 2.05) is 0 Å². The van der Waals surface area contributed by atoms with Crippen LogP contribution in [0, 0.1) is 5.92 Å². The fourth-order valence-electron chi connectivity index (χ4n) is 2.33. The maximum Gasteiger partial charge on any atom is 0.340 e. The molecule has 8 nitrogen and oxygen atoms in total. The molecule has 1 aliphatic rings. The average molecular weight is 315 g/mol. The number of carbonyl (C=O) groups is 2. The second-order valence-corrected chi connectivity index (χ2v) is 5.50. The molecule has 3 N–H and O–H groups in total. The number of nitrogens with zero attached hydrogens (tertiary/aromatic N) is 2. The number of rotatable bonds is 5. The highest BCUT2D eigenvalue weighted by atomic mass is 16.2. The van der Waals surface area contributed by atoms with Gasteiger partial charge in [-0.25, -0.2) is 9.89 Å². The van der Waals surface area contributed by atoms with Crippen LogP contribution in [-0.4, -0.2) is 34.0 Å². The molecule has 0 atom stereocenters. The first-order valence-electron chi connectivity index (χ1n) is 7.34. The van der Waals surface area contributed by atoms with Gasteiger partial charge in [0.1, 0.15) is 5.82 Å². The van der Waals surface area contributed by atoms with Gasteiger partial charge in [0.25, 0.3) is 5.91 Å². The summed E-state index contributed by atoms with van der Waals surface area (Å²) >= 11 is 0. The van der Waals surface area contributed by atoms with Crippen LogP contribution >= 0.6 is 0 Å². The van der Waals surface area contributed by atoms with E-state index >= 15 is 0 Å². The van der Waals surface area contributed by atoms with Crippen molar-refractivity contribution in [3.05, 3.63) is 46.1 Å². The molecule has 1 heterocycles. The van der Waals surface area contributed by atoms with Crippen LogP contribution in [0.4, 0.5) is 5.69 Å². The number of para-hydroxylation sites is 1. The molecule has 0 spiro atoms. The predicted molar refractivity (Wildman–Crippen MR) is 83.0 cm³/mol. The summed E-state index contributed by atoms with van der Waals surface area (Å²) in [6, 6.07) is 6.93. The number of carbonyl (C=O) groups excluding carboxylic acids is 2. The van der Waals surface area contributed by atoms with E-state index in [1.54, 1.807) is 31.3 Å². The molecule has 0 unspecified atom stereocenters. The van der Waals surface area contributed by atoms with Crippen molar-refractivity contribution >= 4 is 17.5 Å². The van der Waals surface area contributed by atoms with Gasteiger partial charge in [-0.3, -0.25) is 14.6 Å². The molecule has 2 amide bonds. The Balaban J connectivity index is 1.74. The molecular weight excluding hydrogens is 298 g/mol. The molecule has 1 fully saturated rings. The Bertz CT molecular complexity index is 790. The van der Waals surface area contributed by atoms with Gasteiger partial charge >= 0.3 is 5.69 Å². The summed E-state index contributed by atoms with van der Waals surface area (Å²) in [7, 11) is 1.68. The third-order valence-electron chi connectivity index (χ3n) is 3.73. The topological polar surface area (TPSA) is 111 Å². The zero-order chi connectivity index (χ0) is 16.4. The highest BCUT2D eigenvalue weighted by Crippen LogP contribution is 2.33. The van der Waals surface area contributed by atoms with Gasteiger partial charge in [0.2, 0.25) is 5.91 Å². The minimum absolute atomic E-state index is 0.0295. The van der Waals surface area contributed by atoms with E-state index in [2.05, 4.69) is 20.5 Å². The van der Waals surface area contributed by atoms with Crippen LogP contribution in [0.3, 0.4) is 0 Å². The lowest BCUT2D eigenvalue weighted by Gasteiger charge is -2.20. The smallest absolute Gasteiger partial charge is 0.340 e. The molecule has 8 heteroatoms. The monoisotopic (exact) mass is 315 g/mol. The van der Waals surface area contributed by atoms with Crippen molar-refractivity contribution in [2.75, 3.05) is 11.9 Å². The third-order valence-corrected chi connectivity index (χ3v) is 3.73. The molecule has 2 aromatic rings. The summed E-state index contributed by atoms with van der Waals surface area (Å²) in [5.41, 5.74) is 0.545. The first-order chi connectivity index (χ1) is 11.1. The van der Waals surface area contributed by atoms with E-state index in [0.717, 1.165) is 12.8 Å². The fourth-order valence-corrected chi connectivity index (χ4v) is 2.33. The fraction of sp³-hybridized carbons (Fsp3) is 0.333. The van der Waals surface area contributed by atoms with Crippen molar-refractivity contribution in [2.45, 2.75) is 19.4 Å². The molecule has 0 bridgehead atoms. The highest BCUT2D eigenvalue weighted by Gasteiger charge is 2.33. The number of amides is 2. The Labute approximate surface area is 131 Å². The molecule has 1 saturated carbocycles. The summed E-state index contributed by atoms with van der Waals surface area (Å²) < 4.78 is 0. The van der Waals surface area contributed by atoms with Gasteiger partial charge in [-0.05, 0) is 25.0 Å². The molecule has 3 rings (SSSR count). The zero-order valence-corrected chi connectivity index (χ0v) is 12.6. The number of benzene rings is 1. The summed E-state index contributed by atoms with van der Waals surface area (Å²) in [4.78, 5) is 39.5. The molecule has 0 saturated heterocycles. The first kappa shape index (κ1) is 15.0. The summed E-state index contributed by atoms with van der Waals surface area (Å²) in [6.45, 7) is 0.0895. The van der Waals surface area contributed by atoms with Crippen LogP contribution in [0.2, 0.25) is 0 Å². The summed E-state index contributed by atoms with van der Waals surface area (Å²) in [6.07, 6.45) is 1.81. The maximum absolute atomic E-state index is 12.4. The van der Waals surface area contributed by atoms with Crippen LogP contribution in [0.25, 0.3) is 0 Å². The van der Waals surface area contributed by atoms with Gasteiger partial charge in [-0.15, -0.1) is 0 Å².